The lowest BCUT2D eigenvalue weighted by atomic mass is 9.93. The van der Waals surface area contributed by atoms with E-state index in [9.17, 15) is 9.90 Å². The molecule has 0 aliphatic carbocycles. The molecular formula is C19H21NO3. The molecule has 120 valence electrons. The second kappa shape index (κ2) is 7.29. The molecular weight excluding hydrogens is 290 g/mol. The number of aliphatic hydroxyl groups excluding tert-OH is 1. The molecule has 0 spiro atoms. The van der Waals surface area contributed by atoms with Gasteiger partial charge >= 0.3 is 6.09 Å². The molecule has 0 saturated heterocycles. The molecule has 1 heterocycles. The van der Waals surface area contributed by atoms with Crippen molar-refractivity contribution in [2.45, 2.75) is 32.0 Å². The lowest BCUT2D eigenvalue weighted by Gasteiger charge is -2.36. The van der Waals surface area contributed by atoms with Crippen LogP contribution in [0.5, 0.6) is 0 Å². The van der Waals surface area contributed by atoms with Crippen molar-refractivity contribution in [3.63, 3.8) is 0 Å². The predicted octanol–water partition coefficient (Wildman–Crippen LogP) is 3.13. The normalized spacial score (nSPS) is 16.7. The van der Waals surface area contributed by atoms with Crippen molar-refractivity contribution in [2.75, 3.05) is 6.61 Å². The standard InChI is InChI=1S/C19H21NO3/c21-11-10-18-12-16-8-4-5-9-17(16)13-20(18)19(22)23-14-15-6-2-1-3-7-15/h1-9,18,21H,10-14H2/t18-/m1/s1. The van der Waals surface area contributed by atoms with Gasteiger partial charge in [-0.25, -0.2) is 4.79 Å². The molecule has 0 bridgehead atoms. The summed E-state index contributed by atoms with van der Waals surface area (Å²) >= 11 is 0. The maximum Gasteiger partial charge on any atom is 0.410 e. The Kier molecular flexibility index (Phi) is 4.93. The largest absolute Gasteiger partial charge is 0.445 e. The summed E-state index contributed by atoms with van der Waals surface area (Å²) in [5, 5.41) is 9.30. The van der Waals surface area contributed by atoms with E-state index in [4.69, 9.17) is 4.74 Å². The fourth-order valence-corrected chi connectivity index (χ4v) is 3.01. The first-order valence-electron chi connectivity index (χ1n) is 7.93. The second-order valence-corrected chi connectivity index (χ2v) is 5.81. The molecule has 1 N–H and O–H groups in total. The molecule has 0 radical (unpaired) electrons. The number of rotatable bonds is 4. The molecule has 0 saturated carbocycles. The maximum absolute atomic E-state index is 12.5. The first-order chi connectivity index (χ1) is 11.3. The smallest absolute Gasteiger partial charge is 0.410 e. The Hall–Kier alpha value is -2.33. The fourth-order valence-electron chi connectivity index (χ4n) is 3.01. The number of nitrogens with zero attached hydrogens (tertiary/aromatic N) is 1. The third-order valence-electron chi connectivity index (χ3n) is 4.26. The van der Waals surface area contributed by atoms with Crippen LogP contribution in [0.2, 0.25) is 0 Å². The Morgan fingerprint density at radius 2 is 1.78 bits per heavy atom. The summed E-state index contributed by atoms with van der Waals surface area (Å²) in [4.78, 5) is 14.2. The number of fused-ring (bicyclic) bond motifs is 1. The Labute approximate surface area is 136 Å². The van der Waals surface area contributed by atoms with Gasteiger partial charge in [-0.05, 0) is 29.5 Å². The summed E-state index contributed by atoms with van der Waals surface area (Å²) in [7, 11) is 0. The summed E-state index contributed by atoms with van der Waals surface area (Å²) in [6, 6.07) is 17.8. The maximum atomic E-state index is 12.5. The summed E-state index contributed by atoms with van der Waals surface area (Å²) in [6.45, 7) is 0.868. The van der Waals surface area contributed by atoms with Crippen molar-refractivity contribution >= 4 is 6.09 Å². The van der Waals surface area contributed by atoms with Gasteiger partial charge < -0.3 is 14.7 Å². The number of carbonyl (C=O) groups is 1. The van der Waals surface area contributed by atoms with Gasteiger partial charge in [0.2, 0.25) is 0 Å². The zero-order valence-corrected chi connectivity index (χ0v) is 13.0. The molecule has 2 aromatic rings. The lowest BCUT2D eigenvalue weighted by Crippen LogP contribution is -2.45. The molecule has 0 unspecified atom stereocenters. The van der Waals surface area contributed by atoms with E-state index in [-0.39, 0.29) is 25.3 Å². The predicted molar refractivity (Wildman–Crippen MR) is 87.8 cm³/mol. The van der Waals surface area contributed by atoms with Gasteiger partial charge in [0, 0.05) is 19.2 Å². The van der Waals surface area contributed by atoms with Crippen LogP contribution in [0.15, 0.2) is 54.6 Å². The van der Waals surface area contributed by atoms with Gasteiger partial charge in [-0.2, -0.15) is 0 Å². The van der Waals surface area contributed by atoms with Gasteiger partial charge in [0.05, 0.1) is 0 Å². The van der Waals surface area contributed by atoms with Crippen molar-refractivity contribution in [2.24, 2.45) is 0 Å². The van der Waals surface area contributed by atoms with Crippen LogP contribution < -0.4 is 0 Å². The zero-order chi connectivity index (χ0) is 16.1. The highest BCUT2D eigenvalue weighted by Gasteiger charge is 2.30. The topological polar surface area (TPSA) is 49.8 Å². The molecule has 4 heteroatoms. The first kappa shape index (κ1) is 15.6. The summed E-state index contributed by atoms with van der Waals surface area (Å²) < 4.78 is 5.46. The summed E-state index contributed by atoms with van der Waals surface area (Å²) in [6.07, 6.45) is 1.01. The summed E-state index contributed by atoms with van der Waals surface area (Å²) in [5.74, 6) is 0. The van der Waals surface area contributed by atoms with Gasteiger partial charge in [0.1, 0.15) is 6.61 Å². The second-order valence-electron chi connectivity index (χ2n) is 5.81. The van der Waals surface area contributed by atoms with E-state index in [1.54, 1.807) is 4.90 Å². The van der Waals surface area contributed by atoms with E-state index in [0.29, 0.717) is 13.0 Å². The molecule has 3 rings (SSSR count). The average molecular weight is 311 g/mol. The van der Waals surface area contributed by atoms with E-state index in [1.807, 2.05) is 48.5 Å². The average Bonchev–Trinajstić information content (AvgIpc) is 2.60. The fraction of sp³-hybridized carbons (Fsp3) is 0.316. The van der Waals surface area contributed by atoms with Crippen LogP contribution in [0.25, 0.3) is 0 Å². The highest BCUT2D eigenvalue weighted by atomic mass is 16.6. The molecule has 1 aliphatic rings. The highest BCUT2D eigenvalue weighted by Crippen LogP contribution is 2.25. The number of benzene rings is 2. The van der Waals surface area contributed by atoms with Crippen LogP contribution in [0.1, 0.15) is 23.1 Å². The van der Waals surface area contributed by atoms with E-state index >= 15 is 0 Å². The minimum absolute atomic E-state index is 0.0156. The Morgan fingerprint density at radius 3 is 2.52 bits per heavy atom. The number of ether oxygens (including phenoxy) is 1. The van der Waals surface area contributed by atoms with Crippen LogP contribution in [0.4, 0.5) is 4.79 Å². The van der Waals surface area contributed by atoms with E-state index in [2.05, 4.69) is 6.07 Å². The van der Waals surface area contributed by atoms with E-state index < -0.39 is 0 Å². The Balaban J connectivity index is 1.70. The van der Waals surface area contributed by atoms with Crippen LogP contribution in [0, 0.1) is 0 Å². The quantitative estimate of drug-likeness (QED) is 0.944. The number of carbonyl (C=O) groups excluding carboxylic acids is 1. The van der Waals surface area contributed by atoms with Crippen LogP contribution in [-0.2, 0) is 24.3 Å². The highest BCUT2D eigenvalue weighted by molar-refractivity contribution is 5.68. The molecule has 23 heavy (non-hydrogen) atoms. The SMILES string of the molecule is O=C(OCc1ccccc1)N1Cc2ccccc2C[C@H]1CCO. The minimum Gasteiger partial charge on any atom is -0.445 e. The summed E-state index contributed by atoms with van der Waals surface area (Å²) in [5.41, 5.74) is 3.37. The van der Waals surface area contributed by atoms with Gasteiger partial charge in [0.25, 0.3) is 0 Å². The van der Waals surface area contributed by atoms with Crippen molar-refractivity contribution in [3.8, 4) is 0 Å². The van der Waals surface area contributed by atoms with Gasteiger partial charge in [-0.3, -0.25) is 0 Å². The Bertz CT molecular complexity index is 657. The number of hydrogen-bond acceptors (Lipinski definition) is 3. The van der Waals surface area contributed by atoms with Gasteiger partial charge in [-0.15, -0.1) is 0 Å². The monoisotopic (exact) mass is 311 g/mol. The molecule has 2 aromatic carbocycles. The number of amides is 1. The molecule has 0 fully saturated rings. The van der Waals surface area contributed by atoms with E-state index in [0.717, 1.165) is 17.5 Å². The van der Waals surface area contributed by atoms with Crippen LogP contribution in [-0.4, -0.2) is 28.7 Å². The lowest BCUT2D eigenvalue weighted by molar-refractivity contribution is 0.0667. The van der Waals surface area contributed by atoms with Crippen molar-refractivity contribution < 1.29 is 14.6 Å². The zero-order valence-electron chi connectivity index (χ0n) is 13.0. The van der Waals surface area contributed by atoms with Crippen molar-refractivity contribution in [3.05, 3.63) is 71.3 Å². The third-order valence-corrected chi connectivity index (χ3v) is 4.26. The third kappa shape index (κ3) is 3.71. The van der Waals surface area contributed by atoms with Gasteiger partial charge in [0.15, 0.2) is 0 Å². The minimum atomic E-state index is -0.318. The number of aliphatic hydroxyl groups is 1. The van der Waals surface area contributed by atoms with Crippen molar-refractivity contribution in [1.82, 2.24) is 4.90 Å². The molecule has 0 aromatic heterocycles. The number of hydrogen-bond donors (Lipinski definition) is 1. The van der Waals surface area contributed by atoms with Crippen LogP contribution >= 0.6 is 0 Å². The molecule has 4 nitrogen and oxygen atoms in total. The van der Waals surface area contributed by atoms with E-state index in [1.165, 1.54) is 5.56 Å². The van der Waals surface area contributed by atoms with Crippen molar-refractivity contribution in [1.29, 1.82) is 0 Å². The molecule has 1 amide bonds. The van der Waals surface area contributed by atoms with Gasteiger partial charge in [-0.1, -0.05) is 54.6 Å². The molecule has 1 atom stereocenters. The Morgan fingerprint density at radius 1 is 1.09 bits per heavy atom. The van der Waals surface area contributed by atoms with Crippen LogP contribution in [0.3, 0.4) is 0 Å². The molecule has 1 aliphatic heterocycles. The first-order valence-corrected chi connectivity index (χ1v) is 7.93.